The molecule has 2 aromatic carbocycles. The summed E-state index contributed by atoms with van der Waals surface area (Å²) in [6, 6.07) is 11.9. The van der Waals surface area contributed by atoms with Crippen LogP contribution >= 0.6 is 0 Å². The lowest BCUT2D eigenvalue weighted by molar-refractivity contribution is -0.0276. The zero-order valence-corrected chi connectivity index (χ0v) is 16.2. The Bertz CT molecular complexity index is 1070. The van der Waals surface area contributed by atoms with E-state index in [0.29, 0.717) is 48.2 Å². The summed E-state index contributed by atoms with van der Waals surface area (Å²) in [6.07, 6.45) is -0.457. The minimum atomic E-state index is -0.457. The van der Waals surface area contributed by atoms with Crippen molar-refractivity contribution < 1.29 is 23.2 Å². The third-order valence-corrected chi connectivity index (χ3v) is 4.66. The van der Waals surface area contributed by atoms with Crippen molar-refractivity contribution in [2.24, 2.45) is 0 Å². The molecule has 1 aliphatic heterocycles. The highest BCUT2D eigenvalue weighted by Crippen LogP contribution is 2.22. The SMILES string of the molecule is Cc1nc([C@H]2CN(C(=O)c3cccc(NC(=O)c4ccc(F)cc4)c3)CCO2)no1. The maximum Gasteiger partial charge on any atom is 0.255 e. The van der Waals surface area contributed by atoms with E-state index in [9.17, 15) is 14.0 Å². The van der Waals surface area contributed by atoms with Crippen molar-refractivity contribution in [2.75, 3.05) is 25.0 Å². The van der Waals surface area contributed by atoms with Gasteiger partial charge in [0.2, 0.25) is 11.7 Å². The van der Waals surface area contributed by atoms with Crippen molar-refractivity contribution in [1.29, 1.82) is 0 Å². The fourth-order valence-corrected chi connectivity index (χ4v) is 3.15. The molecular formula is C21H19FN4O4. The summed E-state index contributed by atoms with van der Waals surface area (Å²) in [5, 5.41) is 6.59. The van der Waals surface area contributed by atoms with E-state index in [4.69, 9.17) is 9.26 Å². The number of hydrogen-bond donors (Lipinski definition) is 1. The number of nitrogens with zero attached hydrogens (tertiary/aromatic N) is 3. The number of benzene rings is 2. The number of morpholine rings is 1. The molecule has 0 spiro atoms. The lowest BCUT2D eigenvalue weighted by atomic mass is 10.1. The normalized spacial score (nSPS) is 16.3. The van der Waals surface area contributed by atoms with Crippen molar-refractivity contribution in [3.63, 3.8) is 0 Å². The van der Waals surface area contributed by atoms with Crippen LogP contribution in [0, 0.1) is 12.7 Å². The summed E-state index contributed by atoms with van der Waals surface area (Å²) in [6.45, 7) is 2.77. The number of amides is 2. The van der Waals surface area contributed by atoms with Crippen molar-refractivity contribution >= 4 is 17.5 Å². The second kappa shape index (κ2) is 8.42. The van der Waals surface area contributed by atoms with Crippen LogP contribution in [0.3, 0.4) is 0 Å². The van der Waals surface area contributed by atoms with E-state index >= 15 is 0 Å². The van der Waals surface area contributed by atoms with Crippen LogP contribution in [0.25, 0.3) is 0 Å². The second-order valence-corrected chi connectivity index (χ2v) is 6.82. The number of ether oxygens (including phenoxy) is 1. The monoisotopic (exact) mass is 410 g/mol. The van der Waals surface area contributed by atoms with Crippen molar-refractivity contribution in [2.45, 2.75) is 13.0 Å². The Kier molecular flexibility index (Phi) is 5.53. The fraction of sp³-hybridized carbons (Fsp3) is 0.238. The molecule has 0 unspecified atom stereocenters. The molecule has 1 atom stereocenters. The van der Waals surface area contributed by atoms with Crippen LogP contribution in [-0.4, -0.2) is 46.6 Å². The predicted octanol–water partition coefficient (Wildman–Crippen LogP) is 2.98. The molecule has 1 saturated heterocycles. The molecule has 1 N–H and O–H groups in total. The van der Waals surface area contributed by atoms with Crippen LogP contribution < -0.4 is 5.32 Å². The van der Waals surface area contributed by atoms with Gasteiger partial charge in [-0.25, -0.2) is 4.39 Å². The first-order valence-corrected chi connectivity index (χ1v) is 9.37. The van der Waals surface area contributed by atoms with Crippen LogP contribution in [0.5, 0.6) is 0 Å². The third kappa shape index (κ3) is 4.36. The van der Waals surface area contributed by atoms with Crippen molar-refractivity contribution in [3.05, 3.63) is 77.2 Å². The molecular weight excluding hydrogens is 391 g/mol. The summed E-state index contributed by atoms with van der Waals surface area (Å²) in [5.41, 5.74) is 1.21. The molecule has 30 heavy (non-hydrogen) atoms. The molecule has 1 fully saturated rings. The fourth-order valence-electron chi connectivity index (χ4n) is 3.15. The van der Waals surface area contributed by atoms with E-state index in [1.165, 1.54) is 24.3 Å². The van der Waals surface area contributed by atoms with Crippen LogP contribution in [0.4, 0.5) is 10.1 Å². The standard InChI is InChI=1S/C21H19FN4O4/c1-13-23-19(25-30-13)18-12-26(9-10-29-18)21(28)15-3-2-4-17(11-15)24-20(27)14-5-7-16(22)8-6-14/h2-8,11,18H,9-10,12H2,1H3,(H,24,27)/t18-/m1/s1. The van der Waals surface area contributed by atoms with E-state index in [2.05, 4.69) is 15.5 Å². The second-order valence-electron chi connectivity index (χ2n) is 6.82. The average molecular weight is 410 g/mol. The van der Waals surface area contributed by atoms with E-state index in [1.807, 2.05) is 0 Å². The van der Waals surface area contributed by atoms with Crippen molar-refractivity contribution in [1.82, 2.24) is 15.0 Å². The number of carbonyl (C=O) groups is 2. The summed E-state index contributed by atoms with van der Waals surface area (Å²) in [5.74, 6) is -0.161. The van der Waals surface area contributed by atoms with E-state index in [-0.39, 0.29) is 5.91 Å². The number of carbonyl (C=O) groups excluding carboxylic acids is 2. The molecule has 2 heterocycles. The first-order chi connectivity index (χ1) is 14.5. The number of nitrogens with one attached hydrogen (secondary N) is 1. The van der Waals surface area contributed by atoms with Gasteiger partial charge in [-0.1, -0.05) is 11.2 Å². The molecule has 8 nitrogen and oxygen atoms in total. The largest absolute Gasteiger partial charge is 0.366 e. The van der Waals surface area contributed by atoms with Crippen LogP contribution in [0.2, 0.25) is 0 Å². The Morgan fingerprint density at radius 2 is 1.97 bits per heavy atom. The number of aryl methyl sites for hydroxylation is 1. The maximum atomic E-state index is 13.0. The Morgan fingerprint density at radius 3 is 2.70 bits per heavy atom. The van der Waals surface area contributed by atoms with Gasteiger partial charge in [0.25, 0.3) is 11.8 Å². The van der Waals surface area contributed by atoms with Crippen LogP contribution in [0.1, 0.15) is 38.5 Å². The van der Waals surface area contributed by atoms with E-state index in [0.717, 1.165) is 0 Å². The Hall–Kier alpha value is -3.59. The maximum absolute atomic E-state index is 13.0. The molecule has 0 bridgehead atoms. The molecule has 1 aromatic heterocycles. The molecule has 1 aliphatic rings. The van der Waals surface area contributed by atoms with Gasteiger partial charge in [0.1, 0.15) is 11.9 Å². The summed E-state index contributed by atoms with van der Waals surface area (Å²) in [7, 11) is 0. The molecule has 0 radical (unpaired) electrons. The summed E-state index contributed by atoms with van der Waals surface area (Å²) < 4.78 is 23.7. The van der Waals surface area contributed by atoms with Gasteiger partial charge in [-0.15, -0.1) is 0 Å². The first-order valence-electron chi connectivity index (χ1n) is 9.37. The van der Waals surface area contributed by atoms with Gasteiger partial charge in [0.15, 0.2) is 0 Å². The molecule has 9 heteroatoms. The van der Waals surface area contributed by atoms with Gasteiger partial charge in [-0.05, 0) is 42.5 Å². The molecule has 0 aliphatic carbocycles. The Morgan fingerprint density at radius 1 is 1.17 bits per heavy atom. The molecule has 154 valence electrons. The lowest BCUT2D eigenvalue weighted by Crippen LogP contribution is -2.42. The van der Waals surface area contributed by atoms with Gasteiger partial charge >= 0.3 is 0 Å². The van der Waals surface area contributed by atoms with Crippen molar-refractivity contribution in [3.8, 4) is 0 Å². The van der Waals surface area contributed by atoms with Gasteiger partial charge in [0, 0.05) is 30.3 Å². The van der Waals surface area contributed by atoms with Gasteiger partial charge < -0.3 is 19.5 Å². The average Bonchev–Trinajstić information content (AvgIpc) is 3.20. The quantitative estimate of drug-likeness (QED) is 0.710. The van der Waals surface area contributed by atoms with E-state index < -0.39 is 17.8 Å². The highest BCUT2D eigenvalue weighted by Gasteiger charge is 2.29. The lowest BCUT2D eigenvalue weighted by Gasteiger charge is -2.31. The van der Waals surface area contributed by atoms with Crippen LogP contribution in [0.15, 0.2) is 53.1 Å². The topological polar surface area (TPSA) is 97.6 Å². The molecule has 2 amide bonds. The van der Waals surface area contributed by atoms with E-state index in [1.54, 1.807) is 36.1 Å². The zero-order valence-electron chi connectivity index (χ0n) is 16.2. The number of halogens is 1. The molecule has 0 saturated carbocycles. The summed E-state index contributed by atoms with van der Waals surface area (Å²) in [4.78, 5) is 31.1. The number of aromatic nitrogens is 2. The van der Waals surface area contributed by atoms with Gasteiger partial charge in [-0.2, -0.15) is 4.98 Å². The third-order valence-electron chi connectivity index (χ3n) is 4.66. The number of anilines is 1. The number of rotatable bonds is 4. The predicted molar refractivity (Wildman–Crippen MR) is 104 cm³/mol. The zero-order chi connectivity index (χ0) is 21.1. The highest BCUT2D eigenvalue weighted by molar-refractivity contribution is 6.05. The minimum Gasteiger partial charge on any atom is -0.366 e. The summed E-state index contributed by atoms with van der Waals surface area (Å²) >= 11 is 0. The smallest absolute Gasteiger partial charge is 0.255 e. The van der Waals surface area contributed by atoms with Gasteiger partial charge in [0.05, 0.1) is 13.2 Å². The Balaban J connectivity index is 1.45. The first kappa shape index (κ1) is 19.7. The molecule has 3 aromatic rings. The Labute approximate surface area is 171 Å². The minimum absolute atomic E-state index is 0.193. The highest BCUT2D eigenvalue weighted by atomic mass is 19.1. The van der Waals surface area contributed by atoms with Gasteiger partial charge in [-0.3, -0.25) is 9.59 Å². The molecule has 4 rings (SSSR count). The van der Waals surface area contributed by atoms with Crippen LogP contribution in [-0.2, 0) is 4.74 Å². The number of hydrogen-bond acceptors (Lipinski definition) is 6.